The standard InChI is InChI=1S/C19H34N4O3.HI/c1-5-20-19(21-11-6-13-23(2)14-16-24-3)22-12-15-26-18-9-7-17(25-4)8-10-18;/h7-10H,5-6,11-16H2,1-4H3,(H2,20,21,22);1H. The SMILES string of the molecule is CCNC(=NCCCN(C)CCOC)NCCOc1ccc(OC)cc1.I. The van der Waals surface area contributed by atoms with Crippen LogP contribution < -0.4 is 20.1 Å². The Hall–Kier alpha value is -1.26. The molecule has 0 spiro atoms. The molecule has 7 nitrogen and oxygen atoms in total. The fraction of sp³-hybridized carbons (Fsp3) is 0.632. The molecule has 0 aliphatic heterocycles. The second kappa shape index (κ2) is 16.9. The lowest BCUT2D eigenvalue weighted by Gasteiger charge is -2.15. The second-order valence-corrected chi connectivity index (χ2v) is 5.86. The molecule has 0 amide bonds. The third-order valence-electron chi connectivity index (χ3n) is 3.71. The van der Waals surface area contributed by atoms with Gasteiger partial charge in [-0.2, -0.15) is 0 Å². The van der Waals surface area contributed by atoms with Crippen molar-refractivity contribution < 1.29 is 14.2 Å². The summed E-state index contributed by atoms with van der Waals surface area (Å²) in [5.74, 6) is 2.48. The predicted octanol–water partition coefficient (Wildman–Crippen LogP) is 2.22. The number of benzene rings is 1. The highest BCUT2D eigenvalue weighted by Crippen LogP contribution is 2.16. The maximum atomic E-state index is 5.71. The summed E-state index contributed by atoms with van der Waals surface area (Å²) in [6.45, 7) is 7.64. The Labute approximate surface area is 180 Å². The van der Waals surface area contributed by atoms with E-state index in [4.69, 9.17) is 14.2 Å². The average molecular weight is 494 g/mol. The summed E-state index contributed by atoms with van der Waals surface area (Å²) in [5.41, 5.74) is 0. The normalized spacial score (nSPS) is 11.1. The minimum absolute atomic E-state index is 0. The summed E-state index contributed by atoms with van der Waals surface area (Å²) in [7, 11) is 5.48. The third kappa shape index (κ3) is 12.7. The van der Waals surface area contributed by atoms with Gasteiger partial charge in [0, 0.05) is 26.7 Å². The van der Waals surface area contributed by atoms with Crippen molar-refractivity contribution in [1.82, 2.24) is 15.5 Å². The molecule has 1 aromatic rings. The first-order chi connectivity index (χ1) is 12.7. The zero-order valence-corrected chi connectivity index (χ0v) is 19.3. The number of halogens is 1. The molecular weight excluding hydrogens is 459 g/mol. The first-order valence-corrected chi connectivity index (χ1v) is 9.16. The molecule has 1 aromatic carbocycles. The predicted molar refractivity (Wildman–Crippen MR) is 122 cm³/mol. The van der Waals surface area contributed by atoms with E-state index in [0.29, 0.717) is 13.2 Å². The van der Waals surface area contributed by atoms with Gasteiger partial charge in [0.25, 0.3) is 0 Å². The molecular formula is C19H35IN4O3. The number of nitrogens with zero attached hydrogens (tertiary/aromatic N) is 2. The zero-order chi connectivity index (χ0) is 19.0. The van der Waals surface area contributed by atoms with Crippen LogP contribution in [0.5, 0.6) is 11.5 Å². The van der Waals surface area contributed by atoms with Gasteiger partial charge in [-0.05, 0) is 51.2 Å². The van der Waals surface area contributed by atoms with Crippen LogP contribution in [0.3, 0.4) is 0 Å². The van der Waals surface area contributed by atoms with E-state index in [1.807, 2.05) is 24.3 Å². The molecule has 27 heavy (non-hydrogen) atoms. The Morgan fingerprint density at radius 2 is 1.74 bits per heavy atom. The van der Waals surface area contributed by atoms with Gasteiger partial charge >= 0.3 is 0 Å². The van der Waals surface area contributed by atoms with Gasteiger partial charge in [0.1, 0.15) is 18.1 Å². The quantitative estimate of drug-likeness (QED) is 0.190. The van der Waals surface area contributed by atoms with Gasteiger partial charge in [-0.1, -0.05) is 0 Å². The van der Waals surface area contributed by atoms with E-state index in [2.05, 4.69) is 34.5 Å². The molecule has 0 bridgehead atoms. The molecule has 8 heteroatoms. The number of methoxy groups -OCH3 is 2. The first kappa shape index (κ1) is 25.7. The summed E-state index contributed by atoms with van der Waals surface area (Å²) < 4.78 is 15.9. The molecule has 0 aromatic heterocycles. The van der Waals surface area contributed by atoms with E-state index >= 15 is 0 Å². The lowest BCUT2D eigenvalue weighted by Crippen LogP contribution is -2.39. The Morgan fingerprint density at radius 1 is 1.04 bits per heavy atom. The van der Waals surface area contributed by atoms with Gasteiger partial charge in [0.05, 0.1) is 20.3 Å². The van der Waals surface area contributed by atoms with Gasteiger partial charge in [-0.25, -0.2) is 0 Å². The molecule has 0 aliphatic carbocycles. The number of hydrogen-bond donors (Lipinski definition) is 2. The van der Waals surface area contributed by atoms with E-state index in [-0.39, 0.29) is 24.0 Å². The van der Waals surface area contributed by atoms with Crippen molar-refractivity contribution in [3.8, 4) is 11.5 Å². The Balaban J connectivity index is 0.00000676. The van der Waals surface area contributed by atoms with Crippen molar-refractivity contribution in [1.29, 1.82) is 0 Å². The molecule has 0 saturated heterocycles. The van der Waals surface area contributed by atoms with Crippen LogP contribution in [-0.4, -0.2) is 78.1 Å². The van der Waals surface area contributed by atoms with Gasteiger partial charge in [-0.15, -0.1) is 24.0 Å². The third-order valence-corrected chi connectivity index (χ3v) is 3.71. The molecule has 2 N–H and O–H groups in total. The van der Waals surface area contributed by atoms with Gasteiger partial charge in [-0.3, -0.25) is 4.99 Å². The summed E-state index contributed by atoms with van der Waals surface area (Å²) in [6, 6.07) is 7.58. The fourth-order valence-corrected chi connectivity index (χ4v) is 2.24. The first-order valence-electron chi connectivity index (χ1n) is 9.16. The van der Waals surface area contributed by atoms with Gasteiger partial charge in [0.2, 0.25) is 0 Å². The van der Waals surface area contributed by atoms with Crippen LogP contribution in [0.1, 0.15) is 13.3 Å². The Morgan fingerprint density at radius 3 is 2.37 bits per heavy atom. The van der Waals surface area contributed by atoms with E-state index in [1.165, 1.54) is 0 Å². The minimum atomic E-state index is 0. The fourth-order valence-electron chi connectivity index (χ4n) is 2.24. The second-order valence-electron chi connectivity index (χ2n) is 5.86. The van der Waals surface area contributed by atoms with Crippen molar-refractivity contribution in [3.05, 3.63) is 24.3 Å². The highest BCUT2D eigenvalue weighted by Gasteiger charge is 2.00. The monoisotopic (exact) mass is 494 g/mol. The molecule has 0 saturated carbocycles. The van der Waals surface area contributed by atoms with Crippen LogP contribution in [-0.2, 0) is 4.74 Å². The Bertz CT molecular complexity index is 500. The number of ether oxygens (including phenoxy) is 3. The van der Waals surface area contributed by atoms with Crippen molar-refractivity contribution >= 4 is 29.9 Å². The van der Waals surface area contributed by atoms with Gasteiger partial charge in [0.15, 0.2) is 5.96 Å². The zero-order valence-electron chi connectivity index (χ0n) is 17.0. The van der Waals surface area contributed by atoms with E-state index < -0.39 is 0 Å². The maximum absolute atomic E-state index is 5.71. The van der Waals surface area contributed by atoms with Crippen LogP contribution >= 0.6 is 24.0 Å². The summed E-state index contributed by atoms with van der Waals surface area (Å²) >= 11 is 0. The number of hydrogen-bond acceptors (Lipinski definition) is 5. The van der Waals surface area contributed by atoms with Crippen molar-refractivity contribution in [2.24, 2.45) is 4.99 Å². The lowest BCUT2D eigenvalue weighted by molar-refractivity contribution is 0.161. The van der Waals surface area contributed by atoms with E-state index in [1.54, 1.807) is 14.2 Å². The number of rotatable bonds is 13. The summed E-state index contributed by atoms with van der Waals surface area (Å²) in [4.78, 5) is 6.85. The number of likely N-dealkylation sites (N-methyl/N-ethyl adjacent to an activating group) is 1. The minimum Gasteiger partial charge on any atom is -0.497 e. The molecule has 0 atom stereocenters. The van der Waals surface area contributed by atoms with Gasteiger partial charge < -0.3 is 29.7 Å². The molecule has 0 unspecified atom stereocenters. The summed E-state index contributed by atoms with van der Waals surface area (Å²) in [5, 5.41) is 6.54. The molecule has 1 rings (SSSR count). The molecule has 0 aliphatic rings. The highest BCUT2D eigenvalue weighted by atomic mass is 127. The number of aliphatic imine (C=N–C) groups is 1. The molecule has 156 valence electrons. The average Bonchev–Trinajstić information content (AvgIpc) is 2.67. The van der Waals surface area contributed by atoms with Crippen molar-refractivity contribution in [2.45, 2.75) is 13.3 Å². The maximum Gasteiger partial charge on any atom is 0.191 e. The van der Waals surface area contributed by atoms with Crippen LogP contribution in [0, 0.1) is 0 Å². The topological polar surface area (TPSA) is 67.4 Å². The van der Waals surface area contributed by atoms with Crippen molar-refractivity contribution in [3.63, 3.8) is 0 Å². The van der Waals surface area contributed by atoms with E-state index in [0.717, 1.165) is 56.7 Å². The highest BCUT2D eigenvalue weighted by molar-refractivity contribution is 14.0. The Kier molecular flexibility index (Phi) is 16.1. The molecule has 0 fully saturated rings. The van der Waals surface area contributed by atoms with Crippen LogP contribution in [0.4, 0.5) is 0 Å². The largest absolute Gasteiger partial charge is 0.497 e. The number of guanidine groups is 1. The van der Waals surface area contributed by atoms with E-state index in [9.17, 15) is 0 Å². The smallest absolute Gasteiger partial charge is 0.191 e. The van der Waals surface area contributed by atoms with Crippen LogP contribution in [0.15, 0.2) is 29.3 Å². The molecule has 0 radical (unpaired) electrons. The van der Waals surface area contributed by atoms with Crippen LogP contribution in [0.25, 0.3) is 0 Å². The summed E-state index contributed by atoms with van der Waals surface area (Å²) in [6.07, 6.45) is 1.01. The lowest BCUT2D eigenvalue weighted by atomic mass is 10.3. The number of nitrogens with one attached hydrogen (secondary N) is 2. The van der Waals surface area contributed by atoms with Crippen LogP contribution in [0.2, 0.25) is 0 Å². The van der Waals surface area contributed by atoms with Crippen molar-refractivity contribution in [2.75, 3.05) is 67.2 Å². The molecule has 0 heterocycles.